The number of imidazole rings is 2. The number of carbonyl (C=O) groups excluding carboxylic acids is 7. The van der Waals surface area contributed by atoms with Gasteiger partial charge in [0, 0.05) is 83.9 Å². The average Bonchev–Trinajstić information content (AvgIpc) is 1.83. The summed E-state index contributed by atoms with van der Waals surface area (Å²) in [5.74, 6) is 1.21. The zero-order valence-electron chi connectivity index (χ0n) is 88.1. The molecule has 5 aliphatic rings. The quantitative estimate of drug-likeness (QED) is 0.0273. The topological polar surface area (TPSA) is 622 Å². The lowest BCUT2D eigenvalue weighted by molar-refractivity contribution is -0.140. The fourth-order valence-corrected chi connectivity index (χ4v) is 12.9. The summed E-state index contributed by atoms with van der Waals surface area (Å²) in [4.78, 5) is 143. The number of amides is 6. The standard InChI is InChI=1S/C9H10F2O.C8H10O3.C7H12N2O.2C7H11NO2.3C6H10N2O.C6H9NO3.C6H9NO2S.2C6H9NO2.C6H9NOS.C5H9N3O.C5H9N3/c1-5(2)6-3-7(10)9(12)8(11)4-6;1-5(2)6-3-11-4-7(9)8(6)10;1-5(2)6-4-7(10)8-9(6)3;1-7(2,3)5-4-8-10-6(5)9;1-4(2)5-3-6(9)8-7(5)10;1-5(2)6-3-7-4-8(6)9;1-5(2)6-7-3-4-8(6)9;1-5(2)6-3-4-7-8(6)9;2*1-3(2)4-5(8)7-6(9)10-4;1-4(2)5-3-6(8)7-9-5;1-4(2)5-3-6(8)9-7-5;1-4(2)5-3-6(8)7-9-5;1-4(2)5-3-6-7-8(5)9;1-4(2)5-3-6-8-7-5/h3-5,12H,1-2H3;3-5,9H,1-2H3;4-5H,1-3H3,(H,8,10);4,8H,1-3H3;4-5H,3H2,1-2H3,(H,8,9,10);3*3-5,9H,1-2H3;2*3-4H,1-2H3,(H,7,8,9);3-4H,1-2H3,(H,7,8);4H,3H2,1-2H3;3-4H,1-2H3,(H,7,8);3-4,9H,1-2H3;4H,3H2,1-2H3. The van der Waals surface area contributed by atoms with E-state index in [4.69, 9.17) is 40.0 Å². The van der Waals surface area contributed by atoms with Crippen LogP contribution >= 0.6 is 23.3 Å². The van der Waals surface area contributed by atoms with Crippen LogP contribution in [-0.4, -0.2) is 170 Å². The number of phenolic OH excluding ortho intramolecular Hbond substituents is 1. The Labute approximate surface area is 843 Å². The van der Waals surface area contributed by atoms with Gasteiger partial charge in [-0.15, -0.1) is 20.1 Å². The maximum Gasteiger partial charge on any atom is 0.414 e. The van der Waals surface area contributed by atoms with Gasteiger partial charge in [0.25, 0.3) is 27.8 Å². The Balaban J connectivity index is 0.000000772. The molecule has 44 nitrogen and oxygen atoms in total. The molecule has 0 radical (unpaired) electrons. The predicted molar refractivity (Wildman–Crippen MR) is 539 cm³/mol. The fraction of sp³-hybridized carbons (Fsp3) is 0.552. The van der Waals surface area contributed by atoms with Crippen molar-refractivity contribution in [3.8, 4) is 11.5 Å². The lowest BCUT2D eigenvalue weighted by Gasteiger charge is -2.12. The van der Waals surface area contributed by atoms with Crippen LogP contribution in [0, 0.1) is 47.1 Å². The molecule has 1 aromatic carbocycles. The van der Waals surface area contributed by atoms with Crippen molar-refractivity contribution >= 4 is 75.6 Å². The monoisotopic (exact) mass is 2060 g/mol. The van der Waals surface area contributed by atoms with Crippen LogP contribution in [0.3, 0.4) is 0 Å². The second-order valence-electron chi connectivity index (χ2n) is 38.0. The first-order chi connectivity index (χ1) is 66.9. The number of hydrogen-bond acceptors (Lipinski definition) is 34. The van der Waals surface area contributed by atoms with Gasteiger partial charge in [-0.2, -0.15) is 19.7 Å². The number of rotatable bonds is 14. The molecule has 10 aromatic rings. The number of hydrogen-bond donors (Lipinski definition) is 13. The van der Waals surface area contributed by atoms with Crippen molar-refractivity contribution in [2.24, 2.45) is 63.1 Å². The molecule has 0 bridgehead atoms. The van der Waals surface area contributed by atoms with Crippen molar-refractivity contribution in [3.63, 3.8) is 0 Å². The van der Waals surface area contributed by atoms with E-state index in [1.807, 2.05) is 185 Å². The van der Waals surface area contributed by atoms with Crippen molar-refractivity contribution in [1.29, 1.82) is 0 Å². The molecule has 3 unspecified atom stereocenters. The van der Waals surface area contributed by atoms with Crippen LogP contribution in [0.15, 0.2) is 150 Å². The molecule has 3 atom stereocenters. The molecule has 13 N–H and O–H groups in total. The van der Waals surface area contributed by atoms with Gasteiger partial charge < -0.3 is 54.1 Å². The van der Waals surface area contributed by atoms with Crippen LogP contribution in [0.25, 0.3) is 0 Å². The minimum Gasteiger partial charge on any atom is -0.503 e. The summed E-state index contributed by atoms with van der Waals surface area (Å²) in [6, 6.07) is 8.82. The number of alkyl carbamates (subject to hydrolysis) is 1. The normalized spacial score (nSPS) is 14.6. The number of aromatic hydroxyl groups is 2. The minimum atomic E-state index is -0.904. The SMILES string of the molecule is CC(C)(C)c1c[nH]oc1=O.CC(C)C1=NN=NC1.CC(C)C1=NOC(=O)C1.CC(C)C1CC(=O)NC1=O.CC(C)C1OC(=O)NC1=O.CC(C)C1SC(=O)NC1=O.CC(C)c1cc(=O)[nH]n1C.CC(C)c1cc(=O)[nH]o1.CC(C)c1cc(=O)[nH]s1.CC(C)c1cc(F)c(O)c(F)c1.CC(C)c1ccnn1O.CC(C)c1cncn1O.CC(C)c1cnnn1O.CC(C)c1cocc(O)c1=O.CC(C)c1nccn1O. The number of imide groups is 3. The average molecular weight is 2070 g/mol. The van der Waals surface area contributed by atoms with Crippen LogP contribution in [0.2, 0.25) is 0 Å². The Bertz CT molecular complexity index is 5650. The molecule has 15 rings (SSSR count). The Kier molecular flexibility index (Phi) is 56.1. The largest absolute Gasteiger partial charge is 0.503 e. The molecule has 48 heteroatoms. The van der Waals surface area contributed by atoms with Gasteiger partial charge in [-0.25, -0.2) is 38.3 Å². The van der Waals surface area contributed by atoms with Gasteiger partial charge in [0.1, 0.15) is 36.4 Å². The van der Waals surface area contributed by atoms with E-state index in [9.17, 15) is 66.3 Å². The van der Waals surface area contributed by atoms with Crippen LogP contribution in [0.1, 0.15) is 337 Å². The van der Waals surface area contributed by atoms with Gasteiger partial charge >= 0.3 is 17.7 Å². The molecule has 6 amide bonds. The number of cyclic esters (lactones) is 1. The zero-order chi connectivity index (χ0) is 110. The first-order valence-corrected chi connectivity index (χ1v) is 48.2. The number of benzene rings is 1. The molecule has 3 fully saturated rings. The number of phenols is 1. The highest BCUT2D eigenvalue weighted by Gasteiger charge is 2.36. The number of halogens is 2. The van der Waals surface area contributed by atoms with Gasteiger partial charge in [-0.05, 0) is 105 Å². The molecule has 3 saturated heterocycles. The van der Waals surface area contributed by atoms with Crippen molar-refractivity contribution in [1.82, 2.24) is 84.9 Å². The number of aryl methyl sites for hydroxylation is 1. The second-order valence-corrected chi connectivity index (χ2v) is 40.0. The van der Waals surface area contributed by atoms with Gasteiger partial charge in [0.05, 0.1) is 71.1 Å². The van der Waals surface area contributed by atoms with Crippen molar-refractivity contribution in [2.75, 3.05) is 6.54 Å². The number of aromatic nitrogens is 14. The van der Waals surface area contributed by atoms with E-state index in [2.05, 4.69) is 132 Å². The number of thioether (sulfide) groups is 1. The second kappa shape index (κ2) is 63.1. The molecule has 0 saturated carbocycles. The van der Waals surface area contributed by atoms with E-state index < -0.39 is 29.6 Å². The number of oxime groups is 1. The lowest BCUT2D eigenvalue weighted by atomic mass is 9.90. The van der Waals surface area contributed by atoms with Crippen LogP contribution in [-0.2, 0) is 46.0 Å². The van der Waals surface area contributed by atoms with Crippen molar-refractivity contribution in [3.05, 3.63) is 212 Å². The molecule has 5 aliphatic heterocycles. The summed E-state index contributed by atoms with van der Waals surface area (Å²) >= 11 is 2.50. The summed E-state index contributed by atoms with van der Waals surface area (Å²) in [5.41, 5.74) is 6.23. The summed E-state index contributed by atoms with van der Waals surface area (Å²) in [5, 5.41) is 92.0. The van der Waals surface area contributed by atoms with E-state index in [0.29, 0.717) is 83.2 Å². The van der Waals surface area contributed by atoms with Crippen LogP contribution in [0.4, 0.5) is 18.4 Å². The minimum absolute atomic E-state index is 0.0173. The highest BCUT2D eigenvalue weighted by atomic mass is 32.2. The molecule has 9 aromatic heterocycles. The predicted octanol–water partition coefficient (Wildman–Crippen LogP) is 17.4. The first kappa shape index (κ1) is 128. The highest BCUT2D eigenvalue weighted by Crippen LogP contribution is 2.28. The molecular weight excluding hydrogens is 1920 g/mol. The van der Waals surface area contributed by atoms with E-state index >= 15 is 0 Å². The van der Waals surface area contributed by atoms with Gasteiger partial charge in [-0.3, -0.25) is 73.3 Å². The summed E-state index contributed by atoms with van der Waals surface area (Å²) in [6.45, 7) is 61.6. The van der Waals surface area contributed by atoms with E-state index in [-0.39, 0.29) is 132 Å². The first-order valence-electron chi connectivity index (χ1n) is 46.5. The van der Waals surface area contributed by atoms with E-state index in [1.165, 1.54) is 36.4 Å². The number of aromatic amines is 4. The summed E-state index contributed by atoms with van der Waals surface area (Å²) < 4.78 is 50.6. The van der Waals surface area contributed by atoms with Crippen LogP contribution in [0.5, 0.6) is 11.5 Å². The third-order valence-corrected chi connectivity index (χ3v) is 22.4. The molecule has 144 heavy (non-hydrogen) atoms. The van der Waals surface area contributed by atoms with Gasteiger partial charge in [0.15, 0.2) is 29.2 Å². The van der Waals surface area contributed by atoms with Crippen LogP contribution < -0.4 is 43.7 Å². The number of H-pyrrole nitrogens is 4. The molecule has 0 aliphatic carbocycles. The Morgan fingerprint density at radius 1 is 0.562 bits per heavy atom. The Morgan fingerprint density at radius 2 is 1.16 bits per heavy atom. The molecule has 0 spiro atoms. The third kappa shape index (κ3) is 46.8. The smallest absolute Gasteiger partial charge is 0.414 e. The highest BCUT2D eigenvalue weighted by molar-refractivity contribution is 8.15. The Morgan fingerprint density at radius 3 is 1.40 bits per heavy atom. The van der Waals surface area contributed by atoms with Gasteiger partial charge in [0.2, 0.25) is 23.2 Å². The van der Waals surface area contributed by atoms with E-state index in [1.54, 1.807) is 53.9 Å². The van der Waals surface area contributed by atoms with Crippen molar-refractivity contribution < 1.29 is 96.4 Å². The lowest BCUT2D eigenvalue weighted by Crippen LogP contribution is -2.27. The van der Waals surface area contributed by atoms with Crippen molar-refractivity contribution in [2.45, 2.75) is 298 Å². The summed E-state index contributed by atoms with van der Waals surface area (Å²) in [6.07, 6.45) is 12.8. The fourth-order valence-electron chi connectivity index (χ4n) is 11.4. The Hall–Kier alpha value is -14.0. The van der Waals surface area contributed by atoms with Gasteiger partial charge in [-0.1, -0.05) is 248 Å². The molecular formula is C96H147F2N21O23S2. The van der Waals surface area contributed by atoms with E-state index in [0.717, 1.165) is 88.4 Å². The number of nitrogens with zero attached hydrogens (tertiary/aromatic N) is 14. The molecule has 800 valence electrons. The third-order valence-electron chi connectivity index (χ3n) is 20.0. The number of ether oxygens (including phenoxy) is 1. The maximum atomic E-state index is 12.7. The number of carbonyl (C=O) groups is 7. The summed E-state index contributed by atoms with van der Waals surface area (Å²) in [7, 11) is 1.84. The zero-order valence-corrected chi connectivity index (χ0v) is 89.7. The number of nitrogens with one attached hydrogen (secondary N) is 7. The maximum absolute atomic E-state index is 12.7. The molecule has 14 heterocycles.